The summed E-state index contributed by atoms with van der Waals surface area (Å²) in [5.74, 6) is 1.56. The molecule has 3 heteroatoms. The van der Waals surface area contributed by atoms with E-state index in [2.05, 4.69) is 13.5 Å². The first-order valence-corrected chi connectivity index (χ1v) is 5.11. The Morgan fingerprint density at radius 3 is 2.60 bits per heavy atom. The Bertz CT molecular complexity index is 291. The summed E-state index contributed by atoms with van der Waals surface area (Å²) in [6, 6.07) is 0. The second-order valence-corrected chi connectivity index (χ2v) is 3.80. The smallest absolute Gasteiger partial charge is 0.201 e. The van der Waals surface area contributed by atoms with Gasteiger partial charge in [-0.05, 0) is 12.3 Å². The van der Waals surface area contributed by atoms with Gasteiger partial charge in [-0.2, -0.15) is 0 Å². The van der Waals surface area contributed by atoms with Gasteiger partial charge in [-0.3, -0.25) is 4.79 Å². The Balaban J connectivity index is 2.99. The van der Waals surface area contributed by atoms with Crippen LogP contribution >= 0.6 is 0 Å². The van der Waals surface area contributed by atoms with Gasteiger partial charge in [0.15, 0.2) is 5.76 Å². The number of allylic oxidation sites excluding steroid dienone is 3. The van der Waals surface area contributed by atoms with E-state index in [4.69, 9.17) is 9.47 Å². The van der Waals surface area contributed by atoms with Crippen molar-refractivity contribution in [2.24, 2.45) is 11.8 Å². The van der Waals surface area contributed by atoms with Crippen LogP contribution in [0.2, 0.25) is 0 Å². The molecule has 0 aliphatic heterocycles. The average molecular weight is 210 g/mol. The van der Waals surface area contributed by atoms with Crippen LogP contribution in [-0.2, 0) is 14.3 Å². The molecule has 0 aromatic carbocycles. The van der Waals surface area contributed by atoms with E-state index >= 15 is 0 Å². The number of hydrogen-bond acceptors (Lipinski definition) is 3. The summed E-state index contributed by atoms with van der Waals surface area (Å²) in [4.78, 5) is 11.7. The first kappa shape index (κ1) is 11.8. The highest BCUT2D eigenvalue weighted by atomic mass is 16.5. The van der Waals surface area contributed by atoms with Gasteiger partial charge < -0.3 is 9.47 Å². The number of carbonyl (C=O) groups excluding carboxylic acids is 1. The number of rotatable bonds is 4. The molecule has 1 aliphatic carbocycles. The van der Waals surface area contributed by atoms with Crippen LogP contribution in [0.4, 0.5) is 0 Å². The van der Waals surface area contributed by atoms with Crippen LogP contribution in [-0.4, -0.2) is 20.0 Å². The summed E-state index contributed by atoms with van der Waals surface area (Å²) < 4.78 is 10.3. The SMILES string of the molecule is C=CCC1CC(=O)C(OC)=C(OC)C1C. The molecule has 0 spiro atoms. The van der Waals surface area contributed by atoms with Crippen molar-refractivity contribution in [3.05, 3.63) is 24.2 Å². The zero-order valence-electron chi connectivity index (χ0n) is 9.58. The predicted molar refractivity (Wildman–Crippen MR) is 58.1 cm³/mol. The Morgan fingerprint density at radius 2 is 2.13 bits per heavy atom. The highest BCUT2D eigenvalue weighted by molar-refractivity contribution is 5.95. The Hall–Kier alpha value is -1.25. The third kappa shape index (κ3) is 2.22. The Labute approximate surface area is 90.8 Å². The van der Waals surface area contributed by atoms with E-state index in [1.165, 1.54) is 7.11 Å². The molecular weight excluding hydrogens is 192 g/mol. The molecule has 0 amide bonds. The molecule has 84 valence electrons. The summed E-state index contributed by atoms with van der Waals surface area (Å²) in [5.41, 5.74) is 0. The lowest BCUT2D eigenvalue weighted by atomic mass is 9.80. The van der Waals surface area contributed by atoms with E-state index in [1.54, 1.807) is 7.11 Å². The molecule has 0 aromatic heterocycles. The molecule has 15 heavy (non-hydrogen) atoms. The largest absolute Gasteiger partial charge is 0.497 e. The quantitative estimate of drug-likeness (QED) is 0.668. The maximum absolute atomic E-state index is 11.7. The molecular formula is C12H18O3. The van der Waals surface area contributed by atoms with Gasteiger partial charge in [-0.15, -0.1) is 6.58 Å². The van der Waals surface area contributed by atoms with E-state index in [0.29, 0.717) is 17.9 Å². The molecule has 1 aliphatic rings. The molecule has 0 radical (unpaired) electrons. The molecule has 1 rings (SSSR count). The highest BCUT2D eigenvalue weighted by Crippen LogP contribution is 2.35. The van der Waals surface area contributed by atoms with Crippen molar-refractivity contribution in [3.63, 3.8) is 0 Å². The minimum Gasteiger partial charge on any atom is -0.497 e. The normalized spacial score (nSPS) is 26.5. The molecule has 0 aromatic rings. The fraction of sp³-hybridized carbons (Fsp3) is 0.583. The zero-order valence-corrected chi connectivity index (χ0v) is 9.58. The molecule has 0 heterocycles. The van der Waals surface area contributed by atoms with Gasteiger partial charge in [-0.25, -0.2) is 0 Å². The maximum Gasteiger partial charge on any atom is 0.201 e. The van der Waals surface area contributed by atoms with Crippen molar-refractivity contribution in [1.29, 1.82) is 0 Å². The molecule has 0 N–H and O–H groups in total. The van der Waals surface area contributed by atoms with Gasteiger partial charge in [0.2, 0.25) is 5.78 Å². The van der Waals surface area contributed by atoms with E-state index in [9.17, 15) is 4.79 Å². The third-order valence-electron chi connectivity index (χ3n) is 2.94. The number of methoxy groups -OCH3 is 2. The number of ketones is 1. The second kappa shape index (κ2) is 5.01. The fourth-order valence-corrected chi connectivity index (χ4v) is 2.06. The van der Waals surface area contributed by atoms with Gasteiger partial charge in [-0.1, -0.05) is 13.0 Å². The summed E-state index contributed by atoms with van der Waals surface area (Å²) in [6.07, 6.45) is 3.19. The number of carbonyl (C=O) groups is 1. The Kier molecular flexibility index (Phi) is 3.95. The van der Waals surface area contributed by atoms with E-state index in [-0.39, 0.29) is 17.6 Å². The molecule has 2 unspecified atom stereocenters. The van der Waals surface area contributed by atoms with Gasteiger partial charge in [0.05, 0.1) is 14.2 Å². The molecule has 3 nitrogen and oxygen atoms in total. The van der Waals surface area contributed by atoms with E-state index in [1.807, 2.05) is 6.08 Å². The van der Waals surface area contributed by atoms with Crippen LogP contribution in [0.25, 0.3) is 0 Å². The Morgan fingerprint density at radius 1 is 1.47 bits per heavy atom. The predicted octanol–water partition coefficient (Wildman–Crippen LogP) is 2.29. The minimum atomic E-state index is 0.0271. The first-order chi connectivity index (χ1) is 7.15. The third-order valence-corrected chi connectivity index (χ3v) is 2.94. The molecule has 0 saturated heterocycles. The first-order valence-electron chi connectivity index (χ1n) is 5.11. The summed E-state index contributed by atoms with van der Waals surface area (Å²) in [7, 11) is 3.08. The molecule has 2 atom stereocenters. The van der Waals surface area contributed by atoms with Gasteiger partial charge in [0.25, 0.3) is 0 Å². The average Bonchev–Trinajstić information content (AvgIpc) is 2.22. The van der Waals surface area contributed by atoms with Crippen LogP contribution in [0.15, 0.2) is 24.2 Å². The van der Waals surface area contributed by atoms with Crippen molar-refractivity contribution < 1.29 is 14.3 Å². The lowest BCUT2D eigenvalue weighted by Crippen LogP contribution is -2.28. The van der Waals surface area contributed by atoms with E-state index < -0.39 is 0 Å². The van der Waals surface area contributed by atoms with Crippen LogP contribution in [0, 0.1) is 11.8 Å². The molecule has 0 bridgehead atoms. The number of hydrogen-bond donors (Lipinski definition) is 0. The lowest BCUT2D eigenvalue weighted by molar-refractivity contribution is -0.121. The van der Waals surface area contributed by atoms with Crippen molar-refractivity contribution in [2.45, 2.75) is 19.8 Å². The summed E-state index contributed by atoms with van der Waals surface area (Å²) in [5, 5.41) is 0. The monoisotopic (exact) mass is 210 g/mol. The fourth-order valence-electron chi connectivity index (χ4n) is 2.06. The summed E-state index contributed by atoms with van der Waals surface area (Å²) >= 11 is 0. The highest BCUT2D eigenvalue weighted by Gasteiger charge is 2.34. The van der Waals surface area contributed by atoms with Crippen LogP contribution in [0.1, 0.15) is 19.8 Å². The number of Topliss-reactive ketones (excluding diaryl/α,β-unsaturated/α-hetero) is 1. The summed E-state index contributed by atoms with van der Waals surface area (Å²) in [6.45, 7) is 5.76. The van der Waals surface area contributed by atoms with Crippen molar-refractivity contribution in [1.82, 2.24) is 0 Å². The van der Waals surface area contributed by atoms with Gasteiger partial charge >= 0.3 is 0 Å². The van der Waals surface area contributed by atoms with Crippen LogP contribution < -0.4 is 0 Å². The van der Waals surface area contributed by atoms with Gasteiger partial charge in [0.1, 0.15) is 5.76 Å². The number of ether oxygens (including phenoxy) is 2. The van der Waals surface area contributed by atoms with Crippen LogP contribution in [0.3, 0.4) is 0 Å². The zero-order chi connectivity index (χ0) is 11.4. The van der Waals surface area contributed by atoms with Crippen molar-refractivity contribution in [2.75, 3.05) is 14.2 Å². The van der Waals surface area contributed by atoms with Crippen molar-refractivity contribution in [3.8, 4) is 0 Å². The topological polar surface area (TPSA) is 35.5 Å². The molecule has 0 fully saturated rings. The van der Waals surface area contributed by atoms with Crippen molar-refractivity contribution >= 4 is 5.78 Å². The van der Waals surface area contributed by atoms with Gasteiger partial charge in [0, 0.05) is 12.3 Å². The lowest BCUT2D eigenvalue weighted by Gasteiger charge is -2.29. The van der Waals surface area contributed by atoms with E-state index in [0.717, 1.165) is 6.42 Å². The maximum atomic E-state index is 11.7. The minimum absolute atomic E-state index is 0.0271. The second-order valence-electron chi connectivity index (χ2n) is 3.80. The standard InChI is InChI=1S/C12H18O3/c1-5-6-9-7-10(13)12(15-4)11(14-3)8(9)2/h5,8-9H,1,6-7H2,2-4H3. The van der Waals surface area contributed by atoms with Crippen LogP contribution in [0.5, 0.6) is 0 Å². The molecule has 0 saturated carbocycles.